The van der Waals surface area contributed by atoms with Gasteiger partial charge in [0.1, 0.15) is 0 Å². The highest BCUT2D eigenvalue weighted by Crippen LogP contribution is 2.54. The Morgan fingerprint density at radius 1 is 1.38 bits per heavy atom. The van der Waals surface area contributed by atoms with Gasteiger partial charge < -0.3 is 9.72 Å². The fourth-order valence-electron chi connectivity index (χ4n) is 5.39. The van der Waals surface area contributed by atoms with Gasteiger partial charge in [0, 0.05) is 29.2 Å². The Bertz CT molecular complexity index is 866. The van der Waals surface area contributed by atoms with Crippen LogP contribution < -0.4 is 0 Å². The summed E-state index contributed by atoms with van der Waals surface area (Å²) >= 11 is 0. The molecule has 0 saturated carbocycles. The molecule has 1 N–H and O–H groups in total. The maximum atomic E-state index is 12.5. The molecule has 6 rings (SSSR count). The summed E-state index contributed by atoms with van der Waals surface area (Å²) in [6, 6.07) is 9.20. The number of aromatic nitrogens is 1. The number of ether oxygens (including phenoxy) is 1. The molecule has 4 heteroatoms. The number of benzene rings is 1. The first-order valence-electron chi connectivity index (χ1n) is 8.81. The van der Waals surface area contributed by atoms with Crippen molar-refractivity contribution in [2.24, 2.45) is 11.8 Å². The molecule has 5 atom stereocenters. The first-order chi connectivity index (χ1) is 11.7. The molecule has 1 unspecified atom stereocenters. The molecular formula is C20H22N2O2. The molecule has 4 aliphatic heterocycles. The van der Waals surface area contributed by atoms with Crippen LogP contribution in [0.3, 0.4) is 0 Å². The van der Waals surface area contributed by atoms with Crippen LogP contribution in [0.5, 0.6) is 0 Å². The van der Waals surface area contributed by atoms with Crippen molar-refractivity contribution in [3.8, 4) is 0 Å². The molecule has 4 aliphatic rings. The third-order valence-corrected chi connectivity index (χ3v) is 6.43. The number of nitrogens with zero attached hydrogens (tertiary/aromatic N) is 1. The van der Waals surface area contributed by atoms with Gasteiger partial charge in [-0.1, -0.05) is 29.8 Å². The molecule has 0 amide bonds. The van der Waals surface area contributed by atoms with Crippen molar-refractivity contribution < 1.29 is 9.53 Å². The molecule has 0 radical (unpaired) electrons. The molecule has 0 aliphatic carbocycles. The second-order valence-electron chi connectivity index (χ2n) is 7.28. The molecule has 3 fully saturated rings. The molecule has 0 spiro atoms. The molecule has 1 aromatic carbocycles. The summed E-state index contributed by atoms with van der Waals surface area (Å²) in [6.45, 7) is 3.08. The van der Waals surface area contributed by atoms with E-state index in [1.54, 1.807) is 0 Å². The Kier molecular flexibility index (Phi) is 2.95. The number of fused-ring (bicyclic) bond motifs is 4. The molecule has 4 bridgehead atoms. The Morgan fingerprint density at radius 3 is 3.00 bits per heavy atom. The fourth-order valence-corrected chi connectivity index (χ4v) is 5.39. The molecule has 24 heavy (non-hydrogen) atoms. The van der Waals surface area contributed by atoms with Crippen molar-refractivity contribution in [2.45, 2.75) is 31.8 Å². The van der Waals surface area contributed by atoms with Crippen LogP contribution in [0, 0.1) is 11.8 Å². The van der Waals surface area contributed by atoms with E-state index in [4.69, 9.17) is 4.74 Å². The van der Waals surface area contributed by atoms with Crippen LogP contribution in [0.1, 0.15) is 30.6 Å². The Morgan fingerprint density at radius 2 is 2.21 bits per heavy atom. The van der Waals surface area contributed by atoms with Crippen LogP contribution in [0.4, 0.5) is 0 Å². The minimum atomic E-state index is -0.0456. The lowest BCUT2D eigenvalue weighted by atomic mass is 9.64. The largest absolute Gasteiger partial charge is 0.469 e. The number of carbonyl (C=O) groups excluding carboxylic acids is 1. The highest BCUT2D eigenvalue weighted by atomic mass is 16.5. The summed E-state index contributed by atoms with van der Waals surface area (Å²) in [6.07, 6.45) is 4.15. The van der Waals surface area contributed by atoms with Crippen molar-refractivity contribution in [3.63, 3.8) is 0 Å². The smallest absolute Gasteiger partial charge is 0.310 e. The van der Waals surface area contributed by atoms with Crippen LogP contribution in [0.25, 0.3) is 10.9 Å². The van der Waals surface area contributed by atoms with E-state index in [-0.39, 0.29) is 17.9 Å². The van der Waals surface area contributed by atoms with Crippen molar-refractivity contribution in [1.29, 1.82) is 0 Å². The van der Waals surface area contributed by atoms with E-state index in [0.717, 1.165) is 19.4 Å². The third kappa shape index (κ3) is 1.69. The molecule has 2 aromatic rings. The van der Waals surface area contributed by atoms with E-state index < -0.39 is 0 Å². The summed E-state index contributed by atoms with van der Waals surface area (Å²) in [4.78, 5) is 18.8. The molecular weight excluding hydrogens is 300 g/mol. The van der Waals surface area contributed by atoms with Gasteiger partial charge in [-0.3, -0.25) is 9.69 Å². The third-order valence-electron chi connectivity index (χ3n) is 6.43. The Hall–Kier alpha value is -2.07. The van der Waals surface area contributed by atoms with Crippen LogP contribution in [0.2, 0.25) is 0 Å². The number of hydrogen-bond donors (Lipinski definition) is 1. The van der Waals surface area contributed by atoms with Crippen LogP contribution in [0.15, 0.2) is 35.9 Å². The SMILES string of the molecule is C/C=C1/CN2[C@H]3C[C@@H]1[C@H](C(=O)OC)[C@@H]2Cc1c3[nH]c2ccccc12. The average Bonchev–Trinajstić information content (AvgIpc) is 2.99. The van der Waals surface area contributed by atoms with Gasteiger partial charge in [0.05, 0.1) is 19.1 Å². The van der Waals surface area contributed by atoms with Gasteiger partial charge in [0.2, 0.25) is 0 Å². The van der Waals surface area contributed by atoms with Gasteiger partial charge >= 0.3 is 5.97 Å². The topological polar surface area (TPSA) is 45.3 Å². The number of methoxy groups -OCH3 is 1. The van der Waals surface area contributed by atoms with Gasteiger partial charge in [-0.05, 0) is 37.3 Å². The van der Waals surface area contributed by atoms with Gasteiger partial charge in [-0.25, -0.2) is 0 Å². The lowest BCUT2D eigenvalue weighted by Crippen LogP contribution is -2.62. The predicted molar refractivity (Wildman–Crippen MR) is 92.6 cm³/mol. The van der Waals surface area contributed by atoms with Gasteiger partial charge in [-0.2, -0.15) is 0 Å². The first kappa shape index (κ1) is 14.3. The lowest BCUT2D eigenvalue weighted by Gasteiger charge is -2.57. The number of hydrogen-bond acceptors (Lipinski definition) is 3. The van der Waals surface area contributed by atoms with Crippen molar-refractivity contribution in [2.75, 3.05) is 13.7 Å². The second kappa shape index (κ2) is 4.96. The maximum absolute atomic E-state index is 12.5. The Balaban J connectivity index is 1.67. The number of para-hydroxylation sites is 1. The highest BCUT2D eigenvalue weighted by molar-refractivity contribution is 5.86. The standard InChI is InChI=1S/C20H22N2O2/c1-3-11-10-22-16-9-14-12-6-4-5-7-15(12)21-19(14)17(22)8-13(11)18(16)20(23)24-2/h3-7,13,16-18,21H,8-10H2,1-2H3/b11-3-/t13-,16-,17-,18-/m0/s1. The number of esters is 1. The zero-order valence-electron chi connectivity index (χ0n) is 14.1. The van der Waals surface area contributed by atoms with E-state index in [1.807, 2.05) is 0 Å². The minimum absolute atomic E-state index is 0.0342. The minimum Gasteiger partial charge on any atom is -0.469 e. The lowest BCUT2D eigenvalue weighted by molar-refractivity contribution is -0.157. The summed E-state index contributed by atoms with van der Waals surface area (Å²) in [5, 5.41) is 1.32. The normalized spacial score (nSPS) is 35.2. The van der Waals surface area contributed by atoms with Gasteiger partial charge in [0.15, 0.2) is 0 Å². The molecule has 3 saturated heterocycles. The quantitative estimate of drug-likeness (QED) is 0.648. The van der Waals surface area contributed by atoms with Gasteiger partial charge in [0.25, 0.3) is 0 Å². The molecule has 1 aromatic heterocycles. The van der Waals surface area contributed by atoms with E-state index >= 15 is 0 Å². The van der Waals surface area contributed by atoms with Crippen molar-refractivity contribution in [3.05, 3.63) is 47.2 Å². The zero-order valence-corrected chi connectivity index (χ0v) is 14.1. The zero-order chi connectivity index (χ0) is 16.4. The van der Waals surface area contributed by atoms with E-state index in [0.29, 0.717) is 12.0 Å². The number of piperidine rings is 3. The molecule has 5 heterocycles. The maximum Gasteiger partial charge on any atom is 0.310 e. The highest BCUT2D eigenvalue weighted by Gasteiger charge is 2.55. The van der Waals surface area contributed by atoms with Crippen LogP contribution in [-0.2, 0) is 16.0 Å². The number of allylic oxidation sites excluding steroid dienone is 1. The van der Waals surface area contributed by atoms with E-state index in [9.17, 15) is 4.79 Å². The molecule has 124 valence electrons. The Labute approximate surface area is 141 Å². The van der Waals surface area contributed by atoms with Crippen LogP contribution >= 0.6 is 0 Å². The van der Waals surface area contributed by atoms with Crippen LogP contribution in [-0.4, -0.2) is 35.5 Å². The second-order valence-corrected chi connectivity index (χ2v) is 7.28. The summed E-state index contributed by atoms with van der Waals surface area (Å²) in [5.74, 6) is 0.241. The van der Waals surface area contributed by atoms with E-state index in [1.165, 1.54) is 34.8 Å². The fraction of sp³-hybridized carbons (Fsp3) is 0.450. The number of nitrogens with one attached hydrogen (secondary N) is 1. The van der Waals surface area contributed by atoms with Crippen molar-refractivity contribution >= 4 is 16.9 Å². The average molecular weight is 322 g/mol. The summed E-state index contributed by atoms with van der Waals surface area (Å²) in [5.41, 5.74) is 5.40. The predicted octanol–water partition coefficient (Wildman–Crippen LogP) is 3.20. The van der Waals surface area contributed by atoms with Gasteiger partial charge in [-0.15, -0.1) is 0 Å². The number of rotatable bonds is 1. The monoisotopic (exact) mass is 322 g/mol. The first-order valence-corrected chi connectivity index (χ1v) is 8.81. The van der Waals surface area contributed by atoms with E-state index in [2.05, 4.69) is 47.1 Å². The number of carbonyl (C=O) groups is 1. The summed E-state index contributed by atoms with van der Waals surface area (Å²) in [7, 11) is 1.52. The number of H-pyrrole nitrogens is 1. The number of aromatic amines is 1. The van der Waals surface area contributed by atoms with Crippen molar-refractivity contribution in [1.82, 2.24) is 9.88 Å². The molecule has 4 nitrogen and oxygen atoms in total. The summed E-state index contributed by atoms with van der Waals surface area (Å²) < 4.78 is 5.18.